The molecule has 1 aliphatic rings. The number of sulfonamides is 1. The Morgan fingerprint density at radius 3 is 2.45 bits per heavy atom. The number of methoxy groups -OCH3 is 1. The fraction of sp³-hybridized carbons (Fsp3) is 0.133. The number of para-hydroxylation sites is 1. The van der Waals surface area contributed by atoms with Crippen molar-refractivity contribution in [1.82, 2.24) is 4.31 Å². The summed E-state index contributed by atoms with van der Waals surface area (Å²) in [4.78, 5) is 12.2. The second-order valence-corrected chi connectivity index (χ2v) is 6.62. The van der Waals surface area contributed by atoms with Gasteiger partial charge in [-0.3, -0.25) is 0 Å². The van der Waals surface area contributed by atoms with Gasteiger partial charge in [0.1, 0.15) is 10.6 Å². The van der Waals surface area contributed by atoms with Gasteiger partial charge in [0.15, 0.2) is 0 Å². The Morgan fingerprint density at radius 2 is 1.77 bits per heavy atom. The number of urea groups is 1. The van der Waals surface area contributed by atoms with Gasteiger partial charge < -0.3 is 10.1 Å². The van der Waals surface area contributed by atoms with E-state index >= 15 is 0 Å². The lowest BCUT2D eigenvalue weighted by molar-refractivity contribution is 0.233. The second-order valence-electron chi connectivity index (χ2n) is 4.79. The summed E-state index contributed by atoms with van der Waals surface area (Å²) in [5.74, 6) is 0.667. The first-order valence-electron chi connectivity index (χ1n) is 6.58. The van der Waals surface area contributed by atoms with Crippen molar-refractivity contribution in [3.05, 3.63) is 54.1 Å². The van der Waals surface area contributed by atoms with Crippen LogP contribution in [0.15, 0.2) is 53.4 Å². The predicted molar refractivity (Wildman–Crippen MR) is 81.2 cm³/mol. The van der Waals surface area contributed by atoms with Crippen LogP contribution in [0.2, 0.25) is 0 Å². The summed E-state index contributed by atoms with van der Waals surface area (Å²) in [7, 11) is -2.31. The average Bonchev–Trinajstić information content (AvgIpc) is 2.52. The predicted octanol–water partition coefficient (Wildman–Crippen LogP) is 2.43. The van der Waals surface area contributed by atoms with Crippen LogP contribution in [0, 0.1) is 0 Å². The molecule has 0 saturated carbocycles. The Kier molecular flexibility index (Phi) is 3.50. The van der Waals surface area contributed by atoms with E-state index in [1.165, 1.54) is 6.07 Å². The number of amides is 2. The molecule has 0 spiro atoms. The SMILES string of the molecule is COc1ccc(CN2C(=O)Nc3ccccc3S2(=O)=O)cc1. The molecule has 2 aromatic carbocycles. The molecule has 1 aliphatic heterocycles. The largest absolute Gasteiger partial charge is 0.497 e. The number of carbonyl (C=O) groups excluding carboxylic acids is 1. The van der Waals surface area contributed by atoms with Gasteiger partial charge in [0.25, 0.3) is 10.0 Å². The van der Waals surface area contributed by atoms with Gasteiger partial charge in [-0.1, -0.05) is 24.3 Å². The topological polar surface area (TPSA) is 75.7 Å². The number of fused-ring (bicyclic) bond motifs is 1. The van der Waals surface area contributed by atoms with Gasteiger partial charge >= 0.3 is 6.03 Å². The normalized spacial score (nSPS) is 15.9. The lowest BCUT2D eigenvalue weighted by Crippen LogP contribution is -2.43. The molecule has 0 aliphatic carbocycles. The zero-order valence-electron chi connectivity index (χ0n) is 11.8. The molecule has 0 fully saturated rings. The highest BCUT2D eigenvalue weighted by atomic mass is 32.2. The van der Waals surface area contributed by atoms with E-state index in [9.17, 15) is 13.2 Å². The number of rotatable bonds is 3. The standard InChI is InChI=1S/C15H14N2O4S/c1-21-12-8-6-11(7-9-12)10-17-15(18)16-13-4-2-3-5-14(13)22(17,19)20/h2-9H,10H2,1H3,(H,16,18). The number of nitrogens with zero attached hydrogens (tertiary/aromatic N) is 1. The van der Waals surface area contributed by atoms with Crippen LogP contribution >= 0.6 is 0 Å². The van der Waals surface area contributed by atoms with E-state index in [0.717, 1.165) is 4.31 Å². The van der Waals surface area contributed by atoms with Crippen LogP contribution in [0.1, 0.15) is 5.56 Å². The number of anilines is 1. The summed E-state index contributed by atoms with van der Waals surface area (Å²) < 4.78 is 31.1. The van der Waals surface area contributed by atoms with Crippen molar-refractivity contribution in [3.8, 4) is 5.75 Å². The molecule has 0 unspecified atom stereocenters. The van der Waals surface area contributed by atoms with Crippen LogP contribution in [0.3, 0.4) is 0 Å². The number of benzene rings is 2. The van der Waals surface area contributed by atoms with E-state index in [-0.39, 0.29) is 11.4 Å². The first kappa shape index (κ1) is 14.4. The Balaban J connectivity index is 1.95. The molecule has 114 valence electrons. The minimum Gasteiger partial charge on any atom is -0.497 e. The van der Waals surface area contributed by atoms with Crippen molar-refractivity contribution in [1.29, 1.82) is 0 Å². The smallest absolute Gasteiger partial charge is 0.336 e. The Labute approximate surface area is 128 Å². The van der Waals surface area contributed by atoms with Gasteiger partial charge in [-0.2, -0.15) is 0 Å². The molecule has 0 aromatic heterocycles. The van der Waals surface area contributed by atoms with E-state index in [0.29, 0.717) is 17.0 Å². The molecule has 7 heteroatoms. The fourth-order valence-corrected chi connectivity index (χ4v) is 3.72. The monoisotopic (exact) mass is 318 g/mol. The number of ether oxygens (including phenoxy) is 1. The van der Waals surface area contributed by atoms with Crippen molar-refractivity contribution in [2.75, 3.05) is 12.4 Å². The zero-order chi connectivity index (χ0) is 15.7. The number of hydrogen-bond acceptors (Lipinski definition) is 4. The van der Waals surface area contributed by atoms with Crippen LogP contribution in [0.5, 0.6) is 5.75 Å². The summed E-state index contributed by atoms with van der Waals surface area (Å²) in [5, 5.41) is 2.59. The molecule has 0 saturated heterocycles. The van der Waals surface area contributed by atoms with Crippen LogP contribution in [0.25, 0.3) is 0 Å². The molecule has 2 aromatic rings. The first-order chi connectivity index (χ1) is 10.5. The minimum absolute atomic E-state index is 0.0352. The number of nitrogens with one attached hydrogen (secondary N) is 1. The third-order valence-electron chi connectivity index (χ3n) is 3.41. The maximum absolute atomic E-state index is 12.6. The average molecular weight is 318 g/mol. The van der Waals surface area contributed by atoms with Crippen molar-refractivity contribution in [3.63, 3.8) is 0 Å². The van der Waals surface area contributed by atoms with Crippen LogP contribution in [-0.4, -0.2) is 25.9 Å². The Hall–Kier alpha value is -2.54. The van der Waals surface area contributed by atoms with Gasteiger partial charge in [-0.05, 0) is 29.8 Å². The van der Waals surface area contributed by atoms with Gasteiger partial charge in [-0.25, -0.2) is 17.5 Å². The molecular formula is C15H14N2O4S. The van der Waals surface area contributed by atoms with Crippen LogP contribution < -0.4 is 10.1 Å². The highest BCUT2D eigenvalue weighted by Gasteiger charge is 2.36. The molecule has 22 heavy (non-hydrogen) atoms. The summed E-state index contributed by atoms with van der Waals surface area (Å²) >= 11 is 0. The van der Waals surface area contributed by atoms with Crippen molar-refractivity contribution < 1.29 is 17.9 Å². The van der Waals surface area contributed by atoms with Crippen molar-refractivity contribution in [2.24, 2.45) is 0 Å². The van der Waals surface area contributed by atoms with Gasteiger partial charge in [0.2, 0.25) is 0 Å². The molecular weight excluding hydrogens is 304 g/mol. The van der Waals surface area contributed by atoms with Crippen LogP contribution in [-0.2, 0) is 16.6 Å². The summed E-state index contributed by atoms with van der Waals surface area (Å²) in [5.41, 5.74) is 0.998. The second kappa shape index (κ2) is 5.34. The third kappa shape index (κ3) is 2.39. The first-order valence-corrected chi connectivity index (χ1v) is 8.02. The fourth-order valence-electron chi connectivity index (χ4n) is 2.25. The van der Waals surface area contributed by atoms with E-state index in [4.69, 9.17) is 4.74 Å². The molecule has 0 radical (unpaired) electrons. The van der Waals surface area contributed by atoms with Gasteiger partial charge in [-0.15, -0.1) is 0 Å². The highest BCUT2D eigenvalue weighted by Crippen LogP contribution is 2.30. The maximum atomic E-state index is 12.6. The van der Waals surface area contributed by atoms with Gasteiger partial charge in [0, 0.05) is 0 Å². The van der Waals surface area contributed by atoms with E-state index in [1.807, 2.05) is 0 Å². The summed E-state index contributed by atoms with van der Waals surface area (Å²) in [6, 6.07) is 12.6. The van der Waals surface area contributed by atoms with Gasteiger partial charge in [0.05, 0.1) is 19.3 Å². The lowest BCUT2D eigenvalue weighted by Gasteiger charge is -2.28. The number of carbonyl (C=O) groups is 1. The molecule has 0 atom stereocenters. The van der Waals surface area contributed by atoms with Crippen LogP contribution in [0.4, 0.5) is 10.5 Å². The summed E-state index contributed by atoms with van der Waals surface area (Å²) in [6.07, 6.45) is 0. The highest BCUT2D eigenvalue weighted by molar-refractivity contribution is 7.90. The molecule has 6 nitrogen and oxygen atoms in total. The van der Waals surface area contributed by atoms with E-state index in [2.05, 4.69) is 5.32 Å². The molecule has 1 heterocycles. The zero-order valence-corrected chi connectivity index (χ0v) is 12.6. The molecule has 0 bridgehead atoms. The lowest BCUT2D eigenvalue weighted by atomic mass is 10.2. The summed E-state index contributed by atoms with van der Waals surface area (Å²) in [6.45, 7) is -0.0352. The maximum Gasteiger partial charge on any atom is 0.336 e. The molecule has 2 amide bonds. The Bertz CT molecular complexity index is 816. The molecule has 1 N–H and O–H groups in total. The Morgan fingerprint density at radius 1 is 1.09 bits per heavy atom. The van der Waals surface area contributed by atoms with Crippen molar-refractivity contribution in [2.45, 2.75) is 11.4 Å². The van der Waals surface area contributed by atoms with E-state index in [1.54, 1.807) is 49.6 Å². The van der Waals surface area contributed by atoms with Crippen molar-refractivity contribution >= 4 is 21.7 Å². The van der Waals surface area contributed by atoms with E-state index < -0.39 is 16.1 Å². The molecule has 3 rings (SSSR count). The quantitative estimate of drug-likeness (QED) is 0.943. The third-order valence-corrected chi connectivity index (χ3v) is 5.20. The number of hydrogen-bond donors (Lipinski definition) is 1. The minimum atomic E-state index is -3.86.